The second-order valence-corrected chi connectivity index (χ2v) is 5.30. The molecule has 102 valence electrons. The van der Waals surface area contributed by atoms with Crippen LogP contribution in [0.15, 0.2) is 18.2 Å². The molecule has 0 aromatic heterocycles. The van der Waals surface area contributed by atoms with Gasteiger partial charge in [-0.25, -0.2) is 0 Å². The summed E-state index contributed by atoms with van der Waals surface area (Å²) in [5.74, 6) is 7.66. The lowest BCUT2D eigenvalue weighted by atomic mass is 9.90. The fraction of sp³-hybridized carbons (Fsp3) is 0.529. The molecule has 2 N–H and O–H groups in total. The van der Waals surface area contributed by atoms with E-state index >= 15 is 0 Å². The molecule has 2 rings (SSSR count). The second-order valence-electron chi connectivity index (χ2n) is 5.30. The fourth-order valence-electron chi connectivity index (χ4n) is 2.58. The summed E-state index contributed by atoms with van der Waals surface area (Å²) in [6.07, 6.45) is 6.75. The van der Waals surface area contributed by atoms with E-state index in [1.807, 2.05) is 12.1 Å². The van der Waals surface area contributed by atoms with E-state index < -0.39 is 0 Å². The number of hydrogen-bond acceptors (Lipinski definition) is 2. The normalized spacial score (nSPS) is 15.7. The molecule has 0 saturated heterocycles. The minimum atomic E-state index is 0.402. The highest BCUT2D eigenvalue weighted by Gasteiger charge is 2.13. The molecule has 1 aliphatic carbocycles. The van der Waals surface area contributed by atoms with Gasteiger partial charge in [-0.3, -0.25) is 0 Å². The monoisotopic (exact) mass is 257 g/mol. The van der Waals surface area contributed by atoms with E-state index in [0.29, 0.717) is 6.54 Å². The first kappa shape index (κ1) is 14.0. The molecule has 1 aliphatic rings. The highest BCUT2D eigenvalue weighted by Crippen LogP contribution is 2.25. The standard InChI is InChI=1S/C17H23NO/c1-14-12-17(10-9-16(14)8-5-11-18)19-13-15-6-3-2-4-7-15/h9-10,12,15H,2-4,6-7,11,13,18H2,1H3. The summed E-state index contributed by atoms with van der Waals surface area (Å²) >= 11 is 0. The van der Waals surface area contributed by atoms with Gasteiger partial charge in [-0.15, -0.1) is 0 Å². The van der Waals surface area contributed by atoms with Gasteiger partial charge >= 0.3 is 0 Å². The Kier molecular flexibility index (Phi) is 5.30. The highest BCUT2D eigenvalue weighted by molar-refractivity contribution is 5.44. The minimum Gasteiger partial charge on any atom is -0.493 e. The van der Waals surface area contributed by atoms with E-state index in [4.69, 9.17) is 10.5 Å². The van der Waals surface area contributed by atoms with Crippen molar-refractivity contribution in [1.82, 2.24) is 0 Å². The molecule has 19 heavy (non-hydrogen) atoms. The molecule has 0 unspecified atom stereocenters. The molecule has 1 saturated carbocycles. The number of ether oxygens (including phenoxy) is 1. The SMILES string of the molecule is Cc1cc(OCC2CCCCC2)ccc1C#CCN. The highest BCUT2D eigenvalue weighted by atomic mass is 16.5. The van der Waals surface area contributed by atoms with Crippen LogP contribution in [0.4, 0.5) is 0 Å². The molecule has 0 bridgehead atoms. The number of nitrogens with two attached hydrogens (primary N) is 1. The number of benzene rings is 1. The first-order valence-corrected chi connectivity index (χ1v) is 7.22. The summed E-state index contributed by atoms with van der Waals surface area (Å²) in [5, 5.41) is 0. The number of rotatable bonds is 3. The molecule has 0 aliphatic heterocycles. The van der Waals surface area contributed by atoms with Crippen LogP contribution >= 0.6 is 0 Å². The van der Waals surface area contributed by atoms with Gasteiger partial charge in [0.05, 0.1) is 13.2 Å². The van der Waals surface area contributed by atoms with Crippen LogP contribution < -0.4 is 10.5 Å². The Morgan fingerprint density at radius 3 is 2.74 bits per heavy atom. The quantitative estimate of drug-likeness (QED) is 0.844. The zero-order valence-electron chi connectivity index (χ0n) is 11.7. The van der Waals surface area contributed by atoms with Crippen molar-refractivity contribution in [2.24, 2.45) is 11.7 Å². The Balaban J connectivity index is 1.92. The van der Waals surface area contributed by atoms with E-state index in [1.54, 1.807) is 0 Å². The summed E-state index contributed by atoms with van der Waals surface area (Å²) < 4.78 is 5.91. The van der Waals surface area contributed by atoms with E-state index in [-0.39, 0.29) is 0 Å². The third-order valence-electron chi connectivity index (χ3n) is 3.73. The summed E-state index contributed by atoms with van der Waals surface area (Å²) in [5.41, 5.74) is 7.58. The van der Waals surface area contributed by atoms with Crippen molar-refractivity contribution in [1.29, 1.82) is 0 Å². The minimum absolute atomic E-state index is 0.402. The maximum absolute atomic E-state index is 5.91. The largest absolute Gasteiger partial charge is 0.493 e. The van der Waals surface area contributed by atoms with Gasteiger partial charge in [-0.1, -0.05) is 31.1 Å². The summed E-state index contributed by atoms with van der Waals surface area (Å²) in [6, 6.07) is 6.11. The molecule has 0 spiro atoms. The van der Waals surface area contributed by atoms with E-state index in [2.05, 4.69) is 24.8 Å². The Bertz CT molecular complexity index is 464. The van der Waals surface area contributed by atoms with Gasteiger partial charge in [0.2, 0.25) is 0 Å². The van der Waals surface area contributed by atoms with Gasteiger partial charge in [0.1, 0.15) is 5.75 Å². The van der Waals surface area contributed by atoms with Crippen LogP contribution in [0.25, 0.3) is 0 Å². The molecular weight excluding hydrogens is 234 g/mol. The lowest BCUT2D eigenvalue weighted by Gasteiger charge is -2.21. The van der Waals surface area contributed by atoms with Crippen LogP contribution in [-0.2, 0) is 0 Å². The summed E-state index contributed by atoms with van der Waals surface area (Å²) in [7, 11) is 0. The third-order valence-corrected chi connectivity index (χ3v) is 3.73. The van der Waals surface area contributed by atoms with Gasteiger partial charge in [0, 0.05) is 5.56 Å². The molecule has 1 aromatic rings. The fourth-order valence-corrected chi connectivity index (χ4v) is 2.58. The second kappa shape index (κ2) is 7.21. The van der Waals surface area contributed by atoms with Crippen LogP contribution in [0.5, 0.6) is 5.75 Å². The smallest absolute Gasteiger partial charge is 0.119 e. The van der Waals surface area contributed by atoms with Gasteiger partial charge in [0.25, 0.3) is 0 Å². The van der Waals surface area contributed by atoms with Crippen LogP contribution in [0.3, 0.4) is 0 Å². The zero-order valence-corrected chi connectivity index (χ0v) is 11.7. The van der Waals surface area contributed by atoms with Crippen molar-refractivity contribution >= 4 is 0 Å². The van der Waals surface area contributed by atoms with Crippen LogP contribution in [-0.4, -0.2) is 13.2 Å². The Morgan fingerprint density at radius 1 is 1.26 bits per heavy atom. The lowest BCUT2D eigenvalue weighted by molar-refractivity contribution is 0.209. The maximum atomic E-state index is 5.91. The van der Waals surface area contributed by atoms with E-state index in [0.717, 1.165) is 29.4 Å². The van der Waals surface area contributed by atoms with Gasteiger partial charge in [-0.2, -0.15) is 0 Å². The zero-order chi connectivity index (χ0) is 13.5. The lowest BCUT2D eigenvalue weighted by Crippen LogP contribution is -2.15. The van der Waals surface area contributed by atoms with Crippen molar-refractivity contribution in [2.45, 2.75) is 39.0 Å². The van der Waals surface area contributed by atoms with Crippen molar-refractivity contribution in [2.75, 3.05) is 13.2 Å². The topological polar surface area (TPSA) is 35.2 Å². The van der Waals surface area contributed by atoms with Gasteiger partial charge < -0.3 is 10.5 Å². The maximum Gasteiger partial charge on any atom is 0.119 e. The van der Waals surface area contributed by atoms with Crippen molar-refractivity contribution in [3.63, 3.8) is 0 Å². The first-order chi connectivity index (χ1) is 9.29. The Morgan fingerprint density at radius 2 is 2.05 bits per heavy atom. The van der Waals surface area contributed by atoms with Gasteiger partial charge in [0.15, 0.2) is 0 Å². The third kappa shape index (κ3) is 4.29. The van der Waals surface area contributed by atoms with E-state index in [1.165, 1.54) is 32.1 Å². The number of hydrogen-bond donors (Lipinski definition) is 1. The van der Waals surface area contributed by atoms with Crippen LogP contribution in [0.1, 0.15) is 43.2 Å². The molecule has 2 nitrogen and oxygen atoms in total. The predicted octanol–water partition coefficient (Wildman–Crippen LogP) is 3.26. The van der Waals surface area contributed by atoms with Crippen molar-refractivity contribution < 1.29 is 4.74 Å². The van der Waals surface area contributed by atoms with Crippen molar-refractivity contribution in [3.8, 4) is 17.6 Å². The summed E-state index contributed by atoms with van der Waals surface area (Å²) in [4.78, 5) is 0. The molecule has 0 amide bonds. The Hall–Kier alpha value is -1.46. The summed E-state index contributed by atoms with van der Waals surface area (Å²) in [6.45, 7) is 3.32. The molecule has 0 heterocycles. The molecule has 0 radical (unpaired) electrons. The average molecular weight is 257 g/mol. The van der Waals surface area contributed by atoms with Crippen LogP contribution in [0.2, 0.25) is 0 Å². The predicted molar refractivity (Wildman–Crippen MR) is 79.2 cm³/mol. The number of aryl methyl sites for hydroxylation is 1. The molecule has 1 fully saturated rings. The van der Waals surface area contributed by atoms with Crippen LogP contribution in [0, 0.1) is 24.7 Å². The van der Waals surface area contributed by atoms with E-state index in [9.17, 15) is 0 Å². The Labute approximate surface area is 116 Å². The first-order valence-electron chi connectivity index (χ1n) is 7.22. The molecular formula is C17H23NO. The molecule has 1 aromatic carbocycles. The molecule has 2 heteroatoms. The van der Waals surface area contributed by atoms with Gasteiger partial charge in [-0.05, 0) is 49.4 Å². The van der Waals surface area contributed by atoms with Crippen molar-refractivity contribution in [3.05, 3.63) is 29.3 Å². The average Bonchev–Trinajstić information content (AvgIpc) is 2.45. The molecule has 0 atom stereocenters.